The van der Waals surface area contributed by atoms with Crippen molar-refractivity contribution in [2.45, 2.75) is 51.1 Å². The molecule has 5 nitrogen and oxygen atoms in total. The molecule has 1 aliphatic rings. The zero-order valence-electron chi connectivity index (χ0n) is 9.44. The van der Waals surface area contributed by atoms with Crippen LogP contribution in [0.15, 0.2) is 0 Å². The lowest BCUT2D eigenvalue weighted by Crippen LogP contribution is -2.49. The molecule has 4 atom stereocenters. The molecule has 1 heterocycles. The van der Waals surface area contributed by atoms with Gasteiger partial charge in [-0.15, -0.1) is 0 Å². The first-order valence-corrected chi connectivity index (χ1v) is 5.47. The Labute approximate surface area is 99.0 Å². The van der Waals surface area contributed by atoms with E-state index >= 15 is 0 Å². The molecular formula is C10H15ClO5. The summed E-state index contributed by atoms with van der Waals surface area (Å²) in [5, 5.41) is 0. The summed E-state index contributed by atoms with van der Waals surface area (Å²) in [6.45, 7) is 4.32. The predicted octanol–water partition coefficient (Wildman–Crippen LogP) is 1.22. The second-order valence-corrected chi connectivity index (χ2v) is 4.20. The first-order chi connectivity index (χ1) is 7.40. The van der Waals surface area contributed by atoms with Gasteiger partial charge in [0.25, 0.3) is 0 Å². The summed E-state index contributed by atoms with van der Waals surface area (Å²) >= 11 is 5.84. The number of hydrogen-bond acceptors (Lipinski definition) is 5. The molecule has 0 aromatic carbocycles. The predicted molar refractivity (Wildman–Crippen MR) is 55.9 cm³/mol. The summed E-state index contributed by atoms with van der Waals surface area (Å²) in [6, 6.07) is 0. The zero-order valence-corrected chi connectivity index (χ0v) is 10.2. The maximum absolute atomic E-state index is 10.9. The van der Waals surface area contributed by atoms with Gasteiger partial charge in [-0.2, -0.15) is 0 Å². The molecule has 0 N–H and O–H groups in total. The second kappa shape index (κ2) is 5.50. The van der Waals surface area contributed by atoms with Crippen LogP contribution in [0.5, 0.6) is 0 Å². The van der Waals surface area contributed by atoms with Gasteiger partial charge in [0, 0.05) is 20.3 Å². The highest BCUT2D eigenvalue weighted by Gasteiger charge is 2.40. The van der Waals surface area contributed by atoms with E-state index < -0.39 is 35.8 Å². The Balaban J connectivity index is 2.71. The molecule has 0 aliphatic carbocycles. The lowest BCUT2D eigenvalue weighted by molar-refractivity contribution is -0.195. The molecule has 0 bridgehead atoms. The fourth-order valence-corrected chi connectivity index (χ4v) is 2.01. The zero-order chi connectivity index (χ0) is 12.3. The normalized spacial score (nSPS) is 34.2. The Bertz CT molecular complexity index is 280. The van der Waals surface area contributed by atoms with Crippen LogP contribution in [0.3, 0.4) is 0 Å². The van der Waals surface area contributed by atoms with Crippen molar-refractivity contribution < 1.29 is 23.8 Å². The highest BCUT2D eigenvalue weighted by Crippen LogP contribution is 2.27. The highest BCUT2D eigenvalue weighted by atomic mass is 35.5. The third-order valence-corrected chi connectivity index (χ3v) is 2.51. The monoisotopic (exact) mass is 250 g/mol. The van der Waals surface area contributed by atoms with Crippen LogP contribution in [0.4, 0.5) is 0 Å². The van der Waals surface area contributed by atoms with Gasteiger partial charge in [-0.3, -0.25) is 9.59 Å². The van der Waals surface area contributed by atoms with E-state index in [1.807, 2.05) is 0 Å². The Hall–Kier alpha value is -0.810. The van der Waals surface area contributed by atoms with Crippen molar-refractivity contribution in [3.8, 4) is 0 Å². The molecule has 6 heteroatoms. The van der Waals surface area contributed by atoms with Gasteiger partial charge in [0.2, 0.25) is 0 Å². The lowest BCUT2D eigenvalue weighted by atomic mass is 10.0. The number of carbonyl (C=O) groups excluding carboxylic acids is 2. The first kappa shape index (κ1) is 13.3. The van der Waals surface area contributed by atoms with Gasteiger partial charge in [-0.05, 0) is 6.92 Å². The molecule has 16 heavy (non-hydrogen) atoms. The van der Waals surface area contributed by atoms with Gasteiger partial charge >= 0.3 is 11.9 Å². The van der Waals surface area contributed by atoms with Crippen LogP contribution in [0.25, 0.3) is 0 Å². The third kappa shape index (κ3) is 3.64. The second-order valence-electron chi connectivity index (χ2n) is 3.71. The Morgan fingerprint density at radius 3 is 2.31 bits per heavy atom. The maximum atomic E-state index is 10.9. The van der Waals surface area contributed by atoms with Crippen molar-refractivity contribution in [2.24, 2.45) is 0 Å². The van der Waals surface area contributed by atoms with Crippen LogP contribution in [0.2, 0.25) is 0 Å². The Morgan fingerprint density at radius 2 is 1.81 bits per heavy atom. The number of rotatable bonds is 2. The van der Waals surface area contributed by atoms with Gasteiger partial charge in [-0.1, -0.05) is 11.6 Å². The van der Waals surface area contributed by atoms with E-state index in [-0.39, 0.29) is 0 Å². The largest absolute Gasteiger partial charge is 0.458 e. The van der Waals surface area contributed by atoms with Crippen molar-refractivity contribution >= 4 is 23.5 Å². The van der Waals surface area contributed by atoms with E-state index in [4.69, 9.17) is 25.8 Å². The quantitative estimate of drug-likeness (QED) is 0.545. The van der Waals surface area contributed by atoms with E-state index in [1.54, 1.807) is 6.92 Å². The average molecular weight is 251 g/mol. The number of alkyl halides is 1. The first-order valence-electron chi connectivity index (χ1n) is 5.04. The highest BCUT2D eigenvalue weighted by molar-refractivity contribution is 6.19. The third-order valence-electron chi connectivity index (χ3n) is 2.23. The fraction of sp³-hybridized carbons (Fsp3) is 0.800. The molecule has 1 saturated heterocycles. The maximum Gasteiger partial charge on any atom is 0.303 e. The summed E-state index contributed by atoms with van der Waals surface area (Å²) in [7, 11) is 0. The van der Waals surface area contributed by atoms with Gasteiger partial charge in [0.15, 0.2) is 6.10 Å². The SMILES string of the molecule is CC(=O)O[C@H]1[C@H](C)O[C@@H](Cl)C[C@@H]1OC(C)=O. The number of hydrogen-bond donors (Lipinski definition) is 0. The molecule has 0 aromatic heterocycles. The summed E-state index contributed by atoms with van der Waals surface area (Å²) in [4.78, 5) is 21.8. The number of ether oxygens (including phenoxy) is 3. The molecule has 0 amide bonds. The number of halogens is 1. The minimum absolute atomic E-state index is 0.309. The Morgan fingerprint density at radius 1 is 1.25 bits per heavy atom. The molecule has 0 spiro atoms. The van der Waals surface area contributed by atoms with E-state index in [0.717, 1.165) is 0 Å². The van der Waals surface area contributed by atoms with Crippen LogP contribution in [0, 0.1) is 0 Å². The molecule has 92 valence electrons. The molecule has 1 fully saturated rings. The van der Waals surface area contributed by atoms with E-state index in [2.05, 4.69) is 0 Å². The van der Waals surface area contributed by atoms with Gasteiger partial charge in [0.05, 0.1) is 6.10 Å². The molecule has 0 aromatic rings. The molecular weight excluding hydrogens is 236 g/mol. The van der Waals surface area contributed by atoms with Crippen LogP contribution in [-0.4, -0.2) is 35.8 Å². The van der Waals surface area contributed by atoms with Gasteiger partial charge < -0.3 is 14.2 Å². The van der Waals surface area contributed by atoms with E-state index in [0.29, 0.717) is 6.42 Å². The molecule has 1 aliphatic heterocycles. The summed E-state index contributed by atoms with van der Waals surface area (Å²) in [6.07, 6.45) is -1.24. The smallest absolute Gasteiger partial charge is 0.303 e. The molecule has 0 radical (unpaired) electrons. The minimum Gasteiger partial charge on any atom is -0.458 e. The van der Waals surface area contributed by atoms with Crippen molar-refractivity contribution in [3.05, 3.63) is 0 Å². The van der Waals surface area contributed by atoms with Gasteiger partial charge in [-0.25, -0.2) is 0 Å². The van der Waals surface area contributed by atoms with E-state index in [1.165, 1.54) is 13.8 Å². The number of esters is 2. The van der Waals surface area contributed by atoms with Gasteiger partial charge in [0.1, 0.15) is 11.7 Å². The summed E-state index contributed by atoms with van der Waals surface area (Å²) in [5.74, 6) is -0.870. The van der Waals surface area contributed by atoms with Crippen molar-refractivity contribution in [1.82, 2.24) is 0 Å². The van der Waals surface area contributed by atoms with E-state index in [9.17, 15) is 9.59 Å². The van der Waals surface area contributed by atoms with Crippen LogP contribution < -0.4 is 0 Å². The molecule has 0 saturated carbocycles. The molecule has 0 unspecified atom stereocenters. The summed E-state index contributed by atoms with van der Waals surface area (Å²) in [5.41, 5.74) is -0.536. The molecule has 1 rings (SSSR count). The summed E-state index contributed by atoms with van der Waals surface area (Å²) < 4.78 is 15.4. The van der Waals surface area contributed by atoms with Crippen LogP contribution in [-0.2, 0) is 23.8 Å². The Kier molecular flexibility index (Phi) is 4.56. The average Bonchev–Trinajstić information content (AvgIpc) is 2.09. The fourth-order valence-electron chi connectivity index (χ4n) is 1.68. The lowest BCUT2D eigenvalue weighted by Gasteiger charge is -2.37. The van der Waals surface area contributed by atoms with Crippen molar-refractivity contribution in [3.63, 3.8) is 0 Å². The minimum atomic E-state index is -0.601. The number of carbonyl (C=O) groups is 2. The van der Waals surface area contributed by atoms with Crippen LogP contribution >= 0.6 is 11.6 Å². The van der Waals surface area contributed by atoms with Crippen molar-refractivity contribution in [1.29, 1.82) is 0 Å². The van der Waals surface area contributed by atoms with Crippen LogP contribution in [0.1, 0.15) is 27.2 Å². The van der Waals surface area contributed by atoms with Crippen molar-refractivity contribution in [2.75, 3.05) is 0 Å². The topological polar surface area (TPSA) is 61.8 Å². The standard InChI is InChI=1S/C10H15ClO5/c1-5-10(16-7(3)13)8(15-6(2)12)4-9(11)14-5/h5,8-10H,4H2,1-3H3/t5-,8-,9+,10-/m0/s1.